The van der Waals surface area contributed by atoms with Gasteiger partial charge in [0, 0.05) is 5.56 Å². The van der Waals surface area contributed by atoms with Crippen LogP contribution in [0.15, 0.2) is 73.3 Å². The summed E-state index contributed by atoms with van der Waals surface area (Å²) in [6, 6.07) is 19.1. The monoisotopic (exact) mass is 280 g/mol. The number of hydrogen-bond acceptors (Lipinski definition) is 2. The third-order valence-electron chi connectivity index (χ3n) is 3.43. The Morgan fingerprint density at radius 3 is 2.19 bits per heavy atom. The van der Waals surface area contributed by atoms with Gasteiger partial charge in [0.25, 0.3) is 5.91 Å². The molecular weight excluding hydrogens is 260 g/mol. The van der Waals surface area contributed by atoms with Crippen LogP contribution in [0.5, 0.6) is 0 Å². The highest BCUT2D eigenvalue weighted by molar-refractivity contribution is 5.93. The Hall–Kier alpha value is -2.39. The van der Waals surface area contributed by atoms with Gasteiger partial charge in [-0.1, -0.05) is 61.5 Å². The molecule has 0 fully saturated rings. The number of amides is 1. The van der Waals surface area contributed by atoms with Crippen LogP contribution in [0.25, 0.3) is 0 Å². The van der Waals surface area contributed by atoms with Crippen molar-refractivity contribution in [2.75, 3.05) is 0 Å². The van der Waals surface area contributed by atoms with Gasteiger partial charge in [0.05, 0.1) is 6.04 Å². The molecule has 2 aromatic carbocycles. The Kier molecular flexibility index (Phi) is 5.29. The van der Waals surface area contributed by atoms with Crippen LogP contribution < -0.4 is 10.9 Å². The number of carbonyl (C=O) groups excluding carboxylic acids is 1. The molecule has 1 amide bonds. The zero-order valence-corrected chi connectivity index (χ0v) is 12.1. The van der Waals surface area contributed by atoms with E-state index in [0.717, 1.165) is 5.56 Å². The van der Waals surface area contributed by atoms with Crippen LogP contribution in [0.1, 0.15) is 28.9 Å². The number of rotatable bonds is 6. The van der Waals surface area contributed by atoms with Crippen molar-refractivity contribution in [3.8, 4) is 0 Å². The zero-order chi connectivity index (χ0) is 15.1. The molecule has 0 saturated heterocycles. The minimum atomic E-state index is -0.146. The molecule has 3 heteroatoms. The Bertz CT molecular complexity index is 581. The van der Waals surface area contributed by atoms with Gasteiger partial charge >= 0.3 is 0 Å². The Labute approximate surface area is 125 Å². The topological polar surface area (TPSA) is 41.1 Å². The number of hydrogen-bond donors (Lipinski definition) is 2. The van der Waals surface area contributed by atoms with Gasteiger partial charge in [-0.05, 0) is 23.6 Å². The normalized spacial score (nSPS) is 13.2. The maximum absolute atomic E-state index is 12.1. The van der Waals surface area contributed by atoms with Crippen LogP contribution in [-0.4, -0.2) is 5.91 Å². The van der Waals surface area contributed by atoms with E-state index in [1.807, 2.05) is 54.6 Å². The van der Waals surface area contributed by atoms with Gasteiger partial charge in [-0.15, -0.1) is 6.58 Å². The number of hydrazine groups is 1. The summed E-state index contributed by atoms with van der Waals surface area (Å²) >= 11 is 0. The Morgan fingerprint density at radius 1 is 1.05 bits per heavy atom. The van der Waals surface area contributed by atoms with Crippen LogP contribution in [0.4, 0.5) is 0 Å². The van der Waals surface area contributed by atoms with Crippen LogP contribution in [-0.2, 0) is 0 Å². The number of nitrogens with one attached hydrogen (secondary N) is 2. The van der Waals surface area contributed by atoms with Crippen molar-refractivity contribution in [1.29, 1.82) is 0 Å². The Morgan fingerprint density at radius 2 is 1.62 bits per heavy atom. The lowest BCUT2D eigenvalue weighted by Gasteiger charge is -2.23. The SMILES string of the molecule is C=CC(C)C(NNC(=O)c1ccccc1)c1ccccc1. The van der Waals surface area contributed by atoms with E-state index in [-0.39, 0.29) is 17.9 Å². The second-order valence-electron chi connectivity index (χ2n) is 4.95. The summed E-state index contributed by atoms with van der Waals surface area (Å²) in [5.41, 5.74) is 7.63. The second kappa shape index (κ2) is 7.41. The molecule has 2 aromatic rings. The fraction of sp³-hybridized carbons (Fsp3) is 0.167. The summed E-state index contributed by atoms with van der Waals surface area (Å²) in [6.07, 6.45) is 1.87. The predicted molar refractivity (Wildman–Crippen MR) is 85.6 cm³/mol. The van der Waals surface area contributed by atoms with Crippen molar-refractivity contribution < 1.29 is 4.79 Å². The molecule has 0 aliphatic carbocycles. The fourth-order valence-electron chi connectivity index (χ4n) is 2.12. The molecule has 0 spiro atoms. The van der Waals surface area contributed by atoms with Gasteiger partial charge in [-0.25, -0.2) is 5.43 Å². The highest BCUT2D eigenvalue weighted by Gasteiger charge is 2.17. The molecule has 0 aliphatic heterocycles. The van der Waals surface area contributed by atoms with Crippen molar-refractivity contribution in [3.63, 3.8) is 0 Å². The van der Waals surface area contributed by atoms with Crippen LogP contribution in [0.3, 0.4) is 0 Å². The first-order valence-electron chi connectivity index (χ1n) is 7.01. The smallest absolute Gasteiger partial charge is 0.265 e. The number of carbonyl (C=O) groups is 1. The lowest BCUT2D eigenvalue weighted by Crippen LogP contribution is -2.41. The summed E-state index contributed by atoms with van der Waals surface area (Å²) in [7, 11) is 0. The summed E-state index contributed by atoms with van der Waals surface area (Å²) in [5.74, 6) is 0.0382. The lowest BCUT2D eigenvalue weighted by molar-refractivity contribution is 0.0921. The molecule has 2 unspecified atom stereocenters. The van der Waals surface area contributed by atoms with Gasteiger partial charge in [0.2, 0.25) is 0 Å². The maximum Gasteiger partial charge on any atom is 0.265 e. The van der Waals surface area contributed by atoms with Crippen molar-refractivity contribution >= 4 is 5.91 Å². The molecule has 21 heavy (non-hydrogen) atoms. The molecule has 0 radical (unpaired) electrons. The van der Waals surface area contributed by atoms with Gasteiger partial charge in [0.15, 0.2) is 0 Å². The first-order chi connectivity index (χ1) is 10.2. The third-order valence-corrected chi connectivity index (χ3v) is 3.43. The standard InChI is InChI=1S/C18H20N2O/c1-3-14(2)17(15-10-6-4-7-11-15)19-20-18(21)16-12-8-5-9-13-16/h3-14,17,19H,1H2,2H3,(H,20,21). The van der Waals surface area contributed by atoms with Gasteiger partial charge < -0.3 is 0 Å². The molecule has 108 valence electrons. The molecule has 2 atom stereocenters. The third kappa shape index (κ3) is 4.04. The first kappa shape index (κ1) is 15.0. The predicted octanol–water partition coefficient (Wildman–Crippen LogP) is 3.48. The number of benzene rings is 2. The first-order valence-corrected chi connectivity index (χ1v) is 7.01. The van der Waals surface area contributed by atoms with E-state index < -0.39 is 0 Å². The van der Waals surface area contributed by atoms with Crippen LogP contribution in [0.2, 0.25) is 0 Å². The molecule has 2 N–H and O–H groups in total. The van der Waals surface area contributed by atoms with Crippen LogP contribution in [0, 0.1) is 5.92 Å². The molecule has 0 heterocycles. The average molecular weight is 280 g/mol. The minimum absolute atomic E-state index is 0.0173. The quantitative estimate of drug-likeness (QED) is 0.628. The average Bonchev–Trinajstić information content (AvgIpc) is 2.56. The zero-order valence-electron chi connectivity index (χ0n) is 12.1. The van der Waals surface area contributed by atoms with Gasteiger partial charge in [-0.3, -0.25) is 10.2 Å². The molecule has 3 nitrogen and oxygen atoms in total. The molecule has 0 bridgehead atoms. The molecule has 2 rings (SSSR count). The summed E-state index contributed by atoms with van der Waals surface area (Å²) in [4.78, 5) is 12.1. The fourth-order valence-corrected chi connectivity index (χ4v) is 2.12. The summed E-state index contributed by atoms with van der Waals surface area (Å²) in [5, 5.41) is 0. The molecule has 0 aromatic heterocycles. The van der Waals surface area contributed by atoms with E-state index in [9.17, 15) is 4.79 Å². The molecular formula is C18H20N2O. The van der Waals surface area contributed by atoms with E-state index in [1.165, 1.54) is 0 Å². The van der Waals surface area contributed by atoms with Gasteiger partial charge in [-0.2, -0.15) is 0 Å². The van der Waals surface area contributed by atoms with E-state index in [0.29, 0.717) is 5.56 Å². The van der Waals surface area contributed by atoms with Crippen molar-refractivity contribution in [2.24, 2.45) is 5.92 Å². The largest absolute Gasteiger partial charge is 0.287 e. The highest BCUT2D eigenvalue weighted by atomic mass is 16.2. The summed E-state index contributed by atoms with van der Waals surface area (Å²) in [6.45, 7) is 5.90. The van der Waals surface area contributed by atoms with Crippen molar-refractivity contribution in [3.05, 3.63) is 84.4 Å². The summed E-state index contributed by atoms with van der Waals surface area (Å²) < 4.78 is 0. The van der Waals surface area contributed by atoms with E-state index in [1.54, 1.807) is 12.1 Å². The van der Waals surface area contributed by atoms with Crippen molar-refractivity contribution in [2.45, 2.75) is 13.0 Å². The van der Waals surface area contributed by atoms with E-state index in [2.05, 4.69) is 24.4 Å². The maximum atomic E-state index is 12.1. The van der Waals surface area contributed by atoms with E-state index in [4.69, 9.17) is 0 Å². The lowest BCUT2D eigenvalue weighted by atomic mass is 9.95. The minimum Gasteiger partial charge on any atom is -0.287 e. The highest BCUT2D eigenvalue weighted by Crippen LogP contribution is 2.21. The second-order valence-corrected chi connectivity index (χ2v) is 4.95. The van der Waals surface area contributed by atoms with Crippen molar-refractivity contribution in [1.82, 2.24) is 10.9 Å². The van der Waals surface area contributed by atoms with Gasteiger partial charge in [0.1, 0.15) is 0 Å². The van der Waals surface area contributed by atoms with E-state index >= 15 is 0 Å². The Balaban J connectivity index is 2.06. The molecule has 0 aliphatic rings. The molecule has 0 saturated carbocycles. The van der Waals surface area contributed by atoms with Crippen LogP contribution >= 0.6 is 0 Å².